The van der Waals surface area contributed by atoms with Gasteiger partial charge in [-0.05, 0) is 17.7 Å². The third-order valence-corrected chi connectivity index (χ3v) is 2.64. The van der Waals surface area contributed by atoms with Crippen LogP contribution in [0, 0.1) is 0 Å². The van der Waals surface area contributed by atoms with Gasteiger partial charge in [-0.15, -0.1) is 0 Å². The van der Waals surface area contributed by atoms with Crippen LogP contribution in [-0.2, 0) is 0 Å². The van der Waals surface area contributed by atoms with E-state index in [0.717, 1.165) is 19.0 Å². The van der Waals surface area contributed by atoms with Crippen molar-refractivity contribution in [3.63, 3.8) is 0 Å². The highest BCUT2D eigenvalue weighted by Gasteiger charge is 2.18. The summed E-state index contributed by atoms with van der Waals surface area (Å²) in [5.41, 5.74) is 2.76. The van der Waals surface area contributed by atoms with Crippen LogP contribution in [0.25, 0.3) is 0 Å². The van der Waals surface area contributed by atoms with Gasteiger partial charge in [-0.25, -0.2) is 0 Å². The molecular formula is C11H16N2. The highest BCUT2D eigenvalue weighted by atomic mass is 15.1. The van der Waals surface area contributed by atoms with Crippen LogP contribution >= 0.6 is 0 Å². The van der Waals surface area contributed by atoms with Crippen LogP contribution in [0.2, 0.25) is 0 Å². The molecule has 1 heterocycles. The molecule has 0 spiro atoms. The number of hydrogen-bond donors (Lipinski definition) is 1. The molecule has 1 N–H and O–H groups in total. The molecule has 0 aromatic heterocycles. The molecule has 1 aromatic carbocycles. The van der Waals surface area contributed by atoms with E-state index in [-0.39, 0.29) is 0 Å². The van der Waals surface area contributed by atoms with Crippen LogP contribution in [0.4, 0.5) is 5.69 Å². The predicted octanol–water partition coefficient (Wildman–Crippen LogP) is 1.44. The number of rotatable bonds is 2. The Morgan fingerprint density at radius 1 is 1.31 bits per heavy atom. The first-order chi connectivity index (χ1) is 6.27. The van der Waals surface area contributed by atoms with Crippen molar-refractivity contribution in [2.24, 2.45) is 0 Å². The van der Waals surface area contributed by atoms with Gasteiger partial charge in [0.15, 0.2) is 0 Å². The van der Waals surface area contributed by atoms with E-state index in [9.17, 15) is 0 Å². The van der Waals surface area contributed by atoms with E-state index in [2.05, 4.69) is 48.6 Å². The van der Waals surface area contributed by atoms with Crippen LogP contribution in [0.3, 0.4) is 0 Å². The van der Waals surface area contributed by atoms with Crippen LogP contribution in [0.1, 0.15) is 11.5 Å². The third-order valence-electron chi connectivity index (χ3n) is 2.64. The van der Waals surface area contributed by atoms with E-state index in [0.29, 0.717) is 0 Å². The number of nitrogens with one attached hydrogen (secondary N) is 1. The molecule has 0 saturated carbocycles. The second-order valence-corrected chi connectivity index (χ2v) is 3.84. The predicted molar refractivity (Wildman–Crippen MR) is 56.4 cm³/mol. The molecule has 70 valence electrons. The summed E-state index contributed by atoms with van der Waals surface area (Å²) >= 11 is 0. The Kier molecular flexibility index (Phi) is 2.23. The second kappa shape index (κ2) is 3.38. The molecule has 0 bridgehead atoms. The van der Waals surface area contributed by atoms with Crippen molar-refractivity contribution in [1.29, 1.82) is 0 Å². The van der Waals surface area contributed by atoms with E-state index in [1.54, 1.807) is 0 Å². The Hall–Kier alpha value is -1.02. The second-order valence-electron chi connectivity index (χ2n) is 3.84. The first kappa shape index (κ1) is 8.57. The van der Waals surface area contributed by atoms with Crippen molar-refractivity contribution < 1.29 is 0 Å². The van der Waals surface area contributed by atoms with Gasteiger partial charge in [-0.1, -0.05) is 12.1 Å². The molecule has 0 aliphatic carbocycles. The van der Waals surface area contributed by atoms with Gasteiger partial charge in [0.05, 0.1) is 0 Å². The highest BCUT2D eigenvalue weighted by Crippen LogP contribution is 2.23. The highest BCUT2D eigenvalue weighted by molar-refractivity contribution is 5.48. The molecule has 0 amide bonds. The molecule has 2 rings (SSSR count). The average Bonchev–Trinajstić information content (AvgIpc) is 2.01. The molecule has 2 nitrogen and oxygen atoms in total. The number of hydrogen-bond acceptors (Lipinski definition) is 2. The normalized spacial score (nSPS) is 16.8. The summed E-state index contributed by atoms with van der Waals surface area (Å²) in [7, 11) is 4.16. The lowest BCUT2D eigenvalue weighted by molar-refractivity contribution is 0.448. The number of benzene rings is 1. The largest absolute Gasteiger partial charge is 0.378 e. The van der Waals surface area contributed by atoms with Crippen molar-refractivity contribution in [1.82, 2.24) is 5.32 Å². The topological polar surface area (TPSA) is 15.3 Å². The molecule has 1 fully saturated rings. The summed E-state index contributed by atoms with van der Waals surface area (Å²) in [6, 6.07) is 8.79. The standard InChI is InChI=1S/C11H16N2/c1-13(2)11-5-3-4-9(6-11)10-7-12-8-10/h3-6,10,12H,7-8H2,1-2H3. The van der Waals surface area contributed by atoms with Crippen LogP contribution in [0.15, 0.2) is 24.3 Å². The van der Waals surface area contributed by atoms with E-state index in [1.807, 2.05) is 0 Å². The van der Waals surface area contributed by atoms with Gasteiger partial charge in [0.25, 0.3) is 0 Å². The maximum atomic E-state index is 3.29. The van der Waals surface area contributed by atoms with Crippen molar-refractivity contribution >= 4 is 5.69 Å². The van der Waals surface area contributed by atoms with E-state index >= 15 is 0 Å². The molecule has 2 heteroatoms. The van der Waals surface area contributed by atoms with Crippen LogP contribution < -0.4 is 10.2 Å². The molecule has 13 heavy (non-hydrogen) atoms. The van der Waals surface area contributed by atoms with Gasteiger partial charge in [-0.3, -0.25) is 0 Å². The van der Waals surface area contributed by atoms with Gasteiger partial charge in [0.2, 0.25) is 0 Å². The maximum Gasteiger partial charge on any atom is 0.0363 e. The van der Waals surface area contributed by atoms with Crippen LogP contribution in [0.5, 0.6) is 0 Å². The Morgan fingerprint density at radius 3 is 2.62 bits per heavy atom. The smallest absolute Gasteiger partial charge is 0.0363 e. The summed E-state index contributed by atoms with van der Waals surface area (Å²) in [5, 5.41) is 3.29. The van der Waals surface area contributed by atoms with Crippen molar-refractivity contribution in [3.05, 3.63) is 29.8 Å². The van der Waals surface area contributed by atoms with Crippen LogP contribution in [-0.4, -0.2) is 27.2 Å². The first-order valence-corrected chi connectivity index (χ1v) is 4.75. The molecule has 1 saturated heterocycles. The lowest BCUT2D eigenvalue weighted by Crippen LogP contribution is -2.39. The maximum absolute atomic E-state index is 3.29. The first-order valence-electron chi connectivity index (χ1n) is 4.75. The average molecular weight is 176 g/mol. The van der Waals surface area contributed by atoms with Gasteiger partial charge in [0, 0.05) is 38.8 Å². The molecule has 0 unspecified atom stereocenters. The molecule has 0 radical (unpaired) electrons. The molecule has 0 atom stereocenters. The molecule has 1 aliphatic heterocycles. The van der Waals surface area contributed by atoms with E-state index < -0.39 is 0 Å². The summed E-state index contributed by atoms with van der Waals surface area (Å²) in [5.74, 6) is 0.736. The summed E-state index contributed by atoms with van der Waals surface area (Å²) < 4.78 is 0. The Labute approximate surface area is 79.6 Å². The molecule has 1 aliphatic rings. The van der Waals surface area contributed by atoms with Gasteiger partial charge >= 0.3 is 0 Å². The lowest BCUT2D eigenvalue weighted by Gasteiger charge is -2.28. The van der Waals surface area contributed by atoms with Gasteiger partial charge < -0.3 is 10.2 Å². The SMILES string of the molecule is CN(C)c1cccc(C2CNC2)c1. The number of nitrogens with zero attached hydrogens (tertiary/aromatic N) is 1. The van der Waals surface area contributed by atoms with E-state index in [1.165, 1.54) is 11.3 Å². The minimum Gasteiger partial charge on any atom is -0.378 e. The molecule has 1 aromatic rings. The van der Waals surface area contributed by atoms with Crippen molar-refractivity contribution in [3.8, 4) is 0 Å². The Morgan fingerprint density at radius 2 is 2.08 bits per heavy atom. The summed E-state index contributed by atoms with van der Waals surface area (Å²) in [4.78, 5) is 2.15. The monoisotopic (exact) mass is 176 g/mol. The third kappa shape index (κ3) is 1.68. The molecular weight excluding hydrogens is 160 g/mol. The lowest BCUT2D eigenvalue weighted by atomic mass is 9.93. The van der Waals surface area contributed by atoms with Gasteiger partial charge in [0.1, 0.15) is 0 Å². The Balaban J connectivity index is 2.21. The summed E-state index contributed by atoms with van der Waals surface area (Å²) in [6.07, 6.45) is 0. The minimum atomic E-state index is 0.736. The van der Waals surface area contributed by atoms with Crippen molar-refractivity contribution in [2.75, 3.05) is 32.1 Å². The summed E-state index contributed by atoms with van der Waals surface area (Å²) in [6.45, 7) is 2.27. The zero-order chi connectivity index (χ0) is 9.26. The fourth-order valence-electron chi connectivity index (χ4n) is 1.58. The quantitative estimate of drug-likeness (QED) is 0.733. The zero-order valence-corrected chi connectivity index (χ0v) is 8.25. The minimum absolute atomic E-state index is 0.736. The van der Waals surface area contributed by atoms with E-state index in [4.69, 9.17) is 0 Å². The van der Waals surface area contributed by atoms with Gasteiger partial charge in [-0.2, -0.15) is 0 Å². The number of anilines is 1. The zero-order valence-electron chi connectivity index (χ0n) is 8.25. The van der Waals surface area contributed by atoms with Crippen molar-refractivity contribution in [2.45, 2.75) is 5.92 Å². The Bertz CT molecular complexity index is 290. The fourth-order valence-corrected chi connectivity index (χ4v) is 1.58. The fraction of sp³-hybridized carbons (Fsp3) is 0.455.